The van der Waals surface area contributed by atoms with Gasteiger partial charge in [-0.1, -0.05) is 30.3 Å². The normalized spacial score (nSPS) is 8.83. The molecule has 0 bridgehead atoms. The third kappa shape index (κ3) is 3.38. The number of allylic oxidation sites excluding steroid dienone is 1. The van der Waals surface area contributed by atoms with Crippen molar-refractivity contribution in [3.63, 3.8) is 0 Å². The first-order valence-electron chi connectivity index (χ1n) is 5.52. The smallest absolute Gasteiger partial charge is 0.128 e. The number of hydrogen-bond acceptors (Lipinski definition) is 2. The lowest BCUT2D eigenvalue weighted by Crippen LogP contribution is -1.83. The Kier molecular flexibility index (Phi) is 3.97. The monoisotopic (exact) mass is 233 g/mol. The predicted octanol–water partition coefficient (Wildman–Crippen LogP) is 4.17. The van der Waals surface area contributed by atoms with Crippen LogP contribution in [0.25, 0.3) is 6.08 Å². The van der Waals surface area contributed by atoms with Gasteiger partial charge >= 0.3 is 0 Å². The summed E-state index contributed by atoms with van der Waals surface area (Å²) in [6.45, 7) is 0. The topological polar surface area (TPSA) is 33.0 Å². The third-order valence-electron chi connectivity index (χ3n) is 2.23. The Labute approximate surface area is 106 Å². The van der Waals surface area contributed by atoms with E-state index >= 15 is 0 Å². The van der Waals surface area contributed by atoms with E-state index < -0.39 is 0 Å². The zero-order chi connectivity index (χ0) is 12.6. The number of nitriles is 1. The SMILES string of the molecule is N#CC=C=Cc1cccc(Oc2ccccc2)c1. The van der Waals surface area contributed by atoms with Gasteiger partial charge in [-0.15, -0.1) is 5.73 Å². The zero-order valence-electron chi connectivity index (χ0n) is 9.71. The van der Waals surface area contributed by atoms with Crippen molar-refractivity contribution < 1.29 is 4.74 Å². The maximum atomic E-state index is 8.38. The molecule has 2 heteroatoms. The Bertz CT molecular complexity index is 617. The highest BCUT2D eigenvalue weighted by molar-refractivity contribution is 5.52. The van der Waals surface area contributed by atoms with Crippen molar-refractivity contribution in [3.05, 3.63) is 72.0 Å². The molecule has 0 fully saturated rings. The largest absolute Gasteiger partial charge is 0.457 e. The van der Waals surface area contributed by atoms with Crippen LogP contribution in [0, 0.1) is 11.3 Å². The number of rotatable bonds is 3. The molecule has 0 spiro atoms. The minimum Gasteiger partial charge on any atom is -0.457 e. The minimum absolute atomic E-state index is 0.758. The molecule has 86 valence electrons. The zero-order valence-corrected chi connectivity index (χ0v) is 9.71. The van der Waals surface area contributed by atoms with Crippen LogP contribution in [-0.2, 0) is 0 Å². The van der Waals surface area contributed by atoms with Crippen molar-refractivity contribution in [2.75, 3.05) is 0 Å². The molecule has 2 aromatic carbocycles. The standard InChI is InChI=1S/C16H11NO/c17-12-5-4-7-14-8-6-11-16(13-14)18-15-9-2-1-3-10-15/h1-3,5-11,13H. The van der Waals surface area contributed by atoms with Crippen LogP contribution in [0.2, 0.25) is 0 Å². The average molecular weight is 233 g/mol. The Morgan fingerprint density at radius 2 is 1.72 bits per heavy atom. The molecular weight excluding hydrogens is 222 g/mol. The van der Waals surface area contributed by atoms with E-state index in [9.17, 15) is 0 Å². The second-order valence-electron chi connectivity index (χ2n) is 3.57. The molecule has 0 aliphatic carbocycles. The van der Waals surface area contributed by atoms with Gasteiger partial charge in [0.2, 0.25) is 0 Å². The highest BCUT2D eigenvalue weighted by Gasteiger charge is 1.96. The van der Waals surface area contributed by atoms with Crippen LogP contribution in [0.15, 0.2) is 66.4 Å². The van der Waals surface area contributed by atoms with E-state index in [-0.39, 0.29) is 0 Å². The molecule has 0 radical (unpaired) electrons. The van der Waals surface area contributed by atoms with Crippen molar-refractivity contribution in [2.24, 2.45) is 0 Å². The van der Waals surface area contributed by atoms with Gasteiger partial charge in [0.25, 0.3) is 0 Å². The number of para-hydroxylation sites is 1. The van der Waals surface area contributed by atoms with Crippen LogP contribution in [0.1, 0.15) is 5.56 Å². The molecule has 0 heterocycles. The first-order chi connectivity index (χ1) is 8.88. The fraction of sp³-hybridized carbons (Fsp3) is 0. The maximum Gasteiger partial charge on any atom is 0.128 e. The van der Waals surface area contributed by atoms with Gasteiger partial charge in [-0.3, -0.25) is 0 Å². The van der Waals surface area contributed by atoms with E-state index in [2.05, 4.69) is 5.73 Å². The molecule has 0 amide bonds. The molecular formula is C16H11NO. The third-order valence-corrected chi connectivity index (χ3v) is 2.23. The molecule has 2 nitrogen and oxygen atoms in total. The summed E-state index contributed by atoms with van der Waals surface area (Å²) in [4.78, 5) is 0. The van der Waals surface area contributed by atoms with E-state index in [0.717, 1.165) is 17.1 Å². The Hall–Kier alpha value is -2.75. The first kappa shape index (κ1) is 11.7. The summed E-state index contributed by atoms with van der Waals surface area (Å²) in [5.74, 6) is 1.56. The molecule has 0 unspecified atom stereocenters. The van der Waals surface area contributed by atoms with Crippen molar-refractivity contribution in [3.8, 4) is 17.6 Å². The number of nitrogens with zero attached hydrogens (tertiary/aromatic N) is 1. The number of hydrogen-bond donors (Lipinski definition) is 0. The fourth-order valence-corrected chi connectivity index (χ4v) is 1.47. The molecule has 0 saturated heterocycles. The van der Waals surface area contributed by atoms with Gasteiger partial charge in [0.15, 0.2) is 0 Å². The summed E-state index contributed by atoms with van der Waals surface area (Å²) in [7, 11) is 0. The Balaban J connectivity index is 2.18. The van der Waals surface area contributed by atoms with Crippen molar-refractivity contribution in [2.45, 2.75) is 0 Å². The molecule has 0 N–H and O–H groups in total. The van der Waals surface area contributed by atoms with E-state index in [1.54, 1.807) is 6.08 Å². The van der Waals surface area contributed by atoms with Crippen LogP contribution >= 0.6 is 0 Å². The lowest BCUT2D eigenvalue weighted by molar-refractivity contribution is 0.482. The summed E-state index contributed by atoms with van der Waals surface area (Å²) in [5.41, 5.74) is 3.72. The molecule has 2 rings (SSSR count). The van der Waals surface area contributed by atoms with Gasteiger partial charge < -0.3 is 4.74 Å². The summed E-state index contributed by atoms with van der Waals surface area (Å²) in [6, 6.07) is 19.1. The summed E-state index contributed by atoms with van der Waals surface area (Å²) < 4.78 is 5.70. The Morgan fingerprint density at radius 3 is 2.50 bits per heavy atom. The van der Waals surface area contributed by atoms with Gasteiger partial charge in [-0.2, -0.15) is 5.26 Å². The molecule has 18 heavy (non-hydrogen) atoms. The van der Waals surface area contributed by atoms with Crippen LogP contribution < -0.4 is 4.74 Å². The van der Waals surface area contributed by atoms with E-state index in [0.29, 0.717) is 0 Å². The molecule has 0 atom stereocenters. The minimum atomic E-state index is 0.758. The average Bonchev–Trinajstić information content (AvgIpc) is 2.41. The van der Waals surface area contributed by atoms with Crippen LogP contribution in [-0.4, -0.2) is 0 Å². The first-order valence-corrected chi connectivity index (χ1v) is 5.52. The second-order valence-corrected chi connectivity index (χ2v) is 3.57. The van der Waals surface area contributed by atoms with E-state index in [1.807, 2.05) is 60.7 Å². The van der Waals surface area contributed by atoms with Gasteiger partial charge in [0.05, 0.1) is 12.1 Å². The molecule has 0 aliphatic heterocycles. The molecule has 0 aliphatic rings. The van der Waals surface area contributed by atoms with Crippen LogP contribution in [0.4, 0.5) is 0 Å². The lowest BCUT2D eigenvalue weighted by Gasteiger charge is -2.05. The highest BCUT2D eigenvalue weighted by atomic mass is 16.5. The highest BCUT2D eigenvalue weighted by Crippen LogP contribution is 2.22. The van der Waals surface area contributed by atoms with Gasteiger partial charge in [-0.25, -0.2) is 0 Å². The van der Waals surface area contributed by atoms with Gasteiger partial charge in [-0.05, 0) is 35.9 Å². The van der Waals surface area contributed by atoms with Crippen LogP contribution in [0.3, 0.4) is 0 Å². The van der Waals surface area contributed by atoms with Crippen molar-refractivity contribution in [1.82, 2.24) is 0 Å². The van der Waals surface area contributed by atoms with Gasteiger partial charge in [0, 0.05) is 0 Å². The fourth-order valence-electron chi connectivity index (χ4n) is 1.47. The van der Waals surface area contributed by atoms with Crippen molar-refractivity contribution in [1.29, 1.82) is 5.26 Å². The van der Waals surface area contributed by atoms with Crippen molar-refractivity contribution >= 4 is 6.08 Å². The predicted molar refractivity (Wildman–Crippen MR) is 71.1 cm³/mol. The summed E-state index contributed by atoms with van der Waals surface area (Å²) in [5, 5.41) is 8.38. The molecule has 2 aromatic rings. The van der Waals surface area contributed by atoms with Crippen LogP contribution in [0.5, 0.6) is 11.5 Å². The number of benzene rings is 2. The van der Waals surface area contributed by atoms with Gasteiger partial charge in [0.1, 0.15) is 11.5 Å². The lowest BCUT2D eigenvalue weighted by atomic mass is 10.2. The molecule has 0 aromatic heterocycles. The summed E-state index contributed by atoms with van der Waals surface area (Å²) in [6.07, 6.45) is 3.05. The van der Waals surface area contributed by atoms with E-state index in [4.69, 9.17) is 10.00 Å². The summed E-state index contributed by atoms with van der Waals surface area (Å²) >= 11 is 0. The second kappa shape index (κ2) is 6.10. The maximum absolute atomic E-state index is 8.38. The molecule has 0 saturated carbocycles. The van der Waals surface area contributed by atoms with E-state index in [1.165, 1.54) is 6.08 Å². The Morgan fingerprint density at radius 1 is 0.944 bits per heavy atom. The number of ether oxygens (including phenoxy) is 1. The quantitative estimate of drug-likeness (QED) is 0.588.